The molecule has 0 spiro atoms. The minimum atomic E-state index is 0.0855. The number of benzene rings is 2. The van der Waals surface area contributed by atoms with Crippen molar-refractivity contribution in [3.63, 3.8) is 0 Å². The number of Topliss-reactive ketones (excluding diaryl/α,β-unsaturated/α-hetero) is 1. The Morgan fingerprint density at radius 2 is 1.57 bits per heavy atom. The zero-order valence-electron chi connectivity index (χ0n) is 12.9. The molecule has 0 saturated heterocycles. The second kappa shape index (κ2) is 6.57. The molecule has 0 saturated carbocycles. The van der Waals surface area contributed by atoms with Crippen molar-refractivity contribution >= 4 is 5.78 Å². The van der Waals surface area contributed by atoms with Crippen LogP contribution in [-0.2, 0) is 16.6 Å². The highest BCUT2D eigenvalue weighted by atomic mass is 16.5. The molecule has 0 N–H and O–H groups in total. The van der Waals surface area contributed by atoms with Crippen molar-refractivity contribution in [3.05, 3.63) is 65.7 Å². The van der Waals surface area contributed by atoms with Gasteiger partial charge in [-0.2, -0.15) is 0 Å². The first-order valence-electron chi connectivity index (χ1n) is 7.24. The molecular formula is C19H22O2. The summed E-state index contributed by atoms with van der Waals surface area (Å²) < 4.78 is 5.47. The maximum absolute atomic E-state index is 11.9. The van der Waals surface area contributed by atoms with E-state index in [0.717, 1.165) is 11.3 Å². The molecule has 2 aromatic rings. The average Bonchev–Trinajstić information content (AvgIpc) is 2.46. The molecule has 2 heteroatoms. The van der Waals surface area contributed by atoms with E-state index in [1.54, 1.807) is 0 Å². The Kier molecular flexibility index (Phi) is 4.79. The summed E-state index contributed by atoms with van der Waals surface area (Å²) in [5.41, 5.74) is 2.45. The molecule has 0 bridgehead atoms. The molecular weight excluding hydrogens is 260 g/mol. The van der Waals surface area contributed by atoms with Gasteiger partial charge in [0.2, 0.25) is 0 Å². The highest BCUT2D eigenvalue weighted by Gasteiger charge is 2.13. The summed E-state index contributed by atoms with van der Waals surface area (Å²) in [7, 11) is 0. The summed E-state index contributed by atoms with van der Waals surface area (Å²) in [6.45, 7) is 6.66. The largest absolute Gasteiger partial charge is 0.486 e. The number of carbonyl (C=O) groups excluding carboxylic acids is 1. The fraction of sp³-hybridized carbons (Fsp3) is 0.316. The molecule has 110 valence electrons. The fourth-order valence-electron chi connectivity index (χ4n) is 2.08. The van der Waals surface area contributed by atoms with Gasteiger partial charge in [0, 0.05) is 6.42 Å². The van der Waals surface area contributed by atoms with Gasteiger partial charge in [0.15, 0.2) is 5.78 Å². The minimum Gasteiger partial charge on any atom is -0.486 e. The number of ether oxygens (including phenoxy) is 1. The van der Waals surface area contributed by atoms with Crippen LogP contribution >= 0.6 is 0 Å². The van der Waals surface area contributed by atoms with Gasteiger partial charge >= 0.3 is 0 Å². The van der Waals surface area contributed by atoms with E-state index in [9.17, 15) is 4.79 Å². The molecule has 0 heterocycles. The Bertz CT molecular complexity index is 577. The van der Waals surface area contributed by atoms with Crippen molar-refractivity contribution in [1.29, 1.82) is 0 Å². The predicted octanol–water partition coefficient (Wildman–Crippen LogP) is 4.17. The van der Waals surface area contributed by atoms with Gasteiger partial charge < -0.3 is 4.74 Å². The third-order valence-corrected chi connectivity index (χ3v) is 3.36. The van der Waals surface area contributed by atoms with Crippen LogP contribution in [0.25, 0.3) is 0 Å². The molecule has 0 atom stereocenters. The SMILES string of the molecule is CC(C)(C)c1ccc(CC(=O)COc2ccccc2)cc1. The summed E-state index contributed by atoms with van der Waals surface area (Å²) in [5.74, 6) is 0.816. The summed E-state index contributed by atoms with van der Waals surface area (Å²) >= 11 is 0. The van der Waals surface area contributed by atoms with Gasteiger partial charge in [0.1, 0.15) is 12.4 Å². The van der Waals surface area contributed by atoms with Crippen molar-refractivity contribution in [1.82, 2.24) is 0 Å². The van der Waals surface area contributed by atoms with Gasteiger partial charge in [-0.05, 0) is 28.7 Å². The zero-order valence-corrected chi connectivity index (χ0v) is 12.9. The number of hydrogen-bond acceptors (Lipinski definition) is 2. The monoisotopic (exact) mass is 282 g/mol. The first kappa shape index (κ1) is 15.3. The van der Waals surface area contributed by atoms with Gasteiger partial charge in [-0.25, -0.2) is 0 Å². The van der Waals surface area contributed by atoms with Crippen LogP contribution in [0.4, 0.5) is 0 Å². The maximum atomic E-state index is 11.9. The van der Waals surface area contributed by atoms with Crippen LogP contribution < -0.4 is 4.74 Å². The zero-order chi connectivity index (χ0) is 15.3. The molecule has 0 amide bonds. The Balaban J connectivity index is 1.88. The van der Waals surface area contributed by atoms with Crippen LogP contribution in [0.3, 0.4) is 0 Å². The van der Waals surface area contributed by atoms with E-state index >= 15 is 0 Å². The summed E-state index contributed by atoms with van der Waals surface area (Å²) in [6, 6.07) is 17.7. The minimum absolute atomic E-state index is 0.0855. The lowest BCUT2D eigenvalue weighted by Gasteiger charge is -2.19. The second-order valence-electron chi connectivity index (χ2n) is 6.26. The first-order chi connectivity index (χ1) is 9.95. The van der Waals surface area contributed by atoms with Gasteiger partial charge in [-0.1, -0.05) is 63.2 Å². The molecule has 2 rings (SSSR count). The first-order valence-corrected chi connectivity index (χ1v) is 7.24. The Labute approximate surface area is 126 Å². The molecule has 0 aromatic heterocycles. The molecule has 0 unspecified atom stereocenters. The van der Waals surface area contributed by atoms with E-state index in [4.69, 9.17) is 4.74 Å². The Morgan fingerprint density at radius 3 is 2.14 bits per heavy atom. The lowest BCUT2D eigenvalue weighted by atomic mass is 9.86. The van der Waals surface area contributed by atoms with E-state index in [2.05, 4.69) is 32.9 Å². The van der Waals surface area contributed by atoms with Crippen LogP contribution in [0.15, 0.2) is 54.6 Å². The van der Waals surface area contributed by atoms with E-state index in [0.29, 0.717) is 6.42 Å². The Morgan fingerprint density at radius 1 is 0.952 bits per heavy atom. The van der Waals surface area contributed by atoms with E-state index in [1.165, 1.54) is 5.56 Å². The summed E-state index contributed by atoms with van der Waals surface area (Å²) in [5, 5.41) is 0. The average molecular weight is 282 g/mol. The standard InChI is InChI=1S/C19H22O2/c1-19(2,3)16-11-9-15(10-12-16)13-17(20)14-21-18-7-5-4-6-8-18/h4-12H,13-14H2,1-3H3. The van der Waals surface area contributed by atoms with Crippen molar-refractivity contribution in [2.45, 2.75) is 32.6 Å². The third kappa shape index (κ3) is 4.75. The number of para-hydroxylation sites is 1. The van der Waals surface area contributed by atoms with Gasteiger partial charge in [-0.15, -0.1) is 0 Å². The molecule has 0 radical (unpaired) electrons. The smallest absolute Gasteiger partial charge is 0.174 e. The molecule has 0 fully saturated rings. The topological polar surface area (TPSA) is 26.3 Å². The van der Waals surface area contributed by atoms with Gasteiger partial charge in [0.05, 0.1) is 0 Å². The quantitative estimate of drug-likeness (QED) is 0.822. The normalized spacial score (nSPS) is 11.2. The fourth-order valence-corrected chi connectivity index (χ4v) is 2.08. The van der Waals surface area contributed by atoms with Crippen molar-refractivity contribution < 1.29 is 9.53 Å². The highest BCUT2D eigenvalue weighted by Crippen LogP contribution is 2.22. The molecule has 0 aliphatic heterocycles. The summed E-state index contributed by atoms with van der Waals surface area (Å²) in [6.07, 6.45) is 0.414. The Hall–Kier alpha value is -2.09. The molecule has 2 aromatic carbocycles. The lowest BCUT2D eigenvalue weighted by molar-refractivity contribution is -0.120. The molecule has 2 nitrogen and oxygen atoms in total. The maximum Gasteiger partial charge on any atom is 0.174 e. The van der Waals surface area contributed by atoms with Crippen LogP contribution in [0.1, 0.15) is 31.9 Å². The highest BCUT2D eigenvalue weighted by molar-refractivity contribution is 5.82. The van der Waals surface area contributed by atoms with Gasteiger partial charge in [0.25, 0.3) is 0 Å². The van der Waals surface area contributed by atoms with Crippen LogP contribution in [0.2, 0.25) is 0 Å². The van der Waals surface area contributed by atoms with Crippen molar-refractivity contribution in [2.75, 3.05) is 6.61 Å². The van der Waals surface area contributed by atoms with Crippen molar-refractivity contribution in [2.24, 2.45) is 0 Å². The summed E-state index contributed by atoms with van der Waals surface area (Å²) in [4.78, 5) is 11.9. The number of ketones is 1. The predicted molar refractivity (Wildman–Crippen MR) is 85.8 cm³/mol. The number of carbonyl (C=O) groups is 1. The van der Waals surface area contributed by atoms with E-state index < -0.39 is 0 Å². The third-order valence-electron chi connectivity index (χ3n) is 3.36. The van der Waals surface area contributed by atoms with Gasteiger partial charge in [-0.3, -0.25) is 4.79 Å². The molecule has 0 aliphatic carbocycles. The van der Waals surface area contributed by atoms with Crippen LogP contribution in [0.5, 0.6) is 5.75 Å². The molecule has 0 aliphatic rings. The van der Waals surface area contributed by atoms with Crippen LogP contribution in [0, 0.1) is 0 Å². The van der Waals surface area contributed by atoms with Crippen molar-refractivity contribution in [3.8, 4) is 5.75 Å². The van der Waals surface area contributed by atoms with E-state index in [1.807, 2.05) is 42.5 Å². The van der Waals surface area contributed by atoms with E-state index in [-0.39, 0.29) is 17.8 Å². The number of hydrogen-bond donors (Lipinski definition) is 0. The van der Waals surface area contributed by atoms with Crippen LogP contribution in [-0.4, -0.2) is 12.4 Å². The lowest BCUT2D eigenvalue weighted by Crippen LogP contribution is -2.14. The number of rotatable bonds is 5. The molecule has 21 heavy (non-hydrogen) atoms. The second-order valence-corrected chi connectivity index (χ2v) is 6.26.